The average Bonchev–Trinajstić information content (AvgIpc) is 2.94. The molecule has 1 saturated carbocycles. The van der Waals surface area contributed by atoms with Gasteiger partial charge in [0, 0.05) is 13.0 Å². The zero-order valence-electron chi connectivity index (χ0n) is 14.6. The van der Waals surface area contributed by atoms with Gasteiger partial charge in [0.1, 0.15) is 6.23 Å². The van der Waals surface area contributed by atoms with Crippen LogP contribution in [0.1, 0.15) is 46.5 Å². The molecule has 0 N–H and O–H groups in total. The summed E-state index contributed by atoms with van der Waals surface area (Å²) in [7, 11) is 0. The first kappa shape index (κ1) is 16.6. The first-order chi connectivity index (χ1) is 11.2. The number of para-hydroxylation sites is 2. The predicted molar refractivity (Wildman–Crippen MR) is 90.7 cm³/mol. The molecule has 0 radical (unpaired) electrons. The van der Waals surface area contributed by atoms with Crippen molar-refractivity contribution in [3.63, 3.8) is 0 Å². The Hall–Kier alpha value is -1.26. The number of benzene rings is 1. The van der Waals surface area contributed by atoms with Crippen molar-refractivity contribution in [2.24, 2.45) is 5.92 Å². The van der Waals surface area contributed by atoms with E-state index in [1.807, 2.05) is 24.3 Å². The number of fused-ring (bicyclic) bond motifs is 1. The predicted octanol–water partition coefficient (Wildman–Crippen LogP) is 4.05. The summed E-state index contributed by atoms with van der Waals surface area (Å²) in [4.78, 5) is 2.39. The van der Waals surface area contributed by atoms with Crippen molar-refractivity contribution in [3.05, 3.63) is 24.3 Å². The Bertz CT molecular complexity index is 490. The van der Waals surface area contributed by atoms with Crippen LogP contribution >= 0.6 is 0 Å². The fourth-order valence-corrected chi connectivity index (χ4v) is 4.00. The van der Waals surface area contributed by atoms with Gasteiger partial charge in [-0.3, -0.25) is 4.90 Å². The SMILES string of the molecule is CCOC(C1CCCCC12Oc1ccccc1O2)N(CC)CC. The molecule has 1 fully saturated rings. The Kier molecular flexibility index (Phi) is 5.12. The van der Waals surface area contributed by atoms with Crippen LogP contribution in [0.15, 0.2) is 24.3 Å². The first-order valence-electron chi connectivity index (χ1n) is 9.06. The lowest BCUT2D eigenvalue weighted by atomic mass is 9.81. The van der Waals surface area contributed by atoms with Gasteiger partial charge < -0.3 is 14.2 Å². The molecule has 128 valence electrons. The van der Waals surface area contributed by atoms with Crippen LogP contribution in [0.25, 0.3) is 0 Å². The Morgan fingerprint density at radius 1 is 1.13 bits per heavy atom. The van der Waals surface area contributed by atoms with Gasteiger partial charge in [0.2, 0.25) is 0 Å². The van der Waals surface area contributed by atoms with Crippen LogP contribution in [0.2, 0.25) is 0 Å². The van der Waals surface area contributed by atoms with Gasteiger partial charge in [0.05, 0.1) is 5.92 Å². The van der Waals surface area contributed by atoms with Crippen molar-refractivity contribution in [2.45, 2.75) is 58.5 Å². The van der Waals surface area contributed by atoms with E-state index in [0.717, 1.165) is 43.9 Å². The highest BCUT2D eigenvalue weighted by Crippen LogP contribution is 2.49. The Labute approximate surface area is 139 Å². The lowest BCUT2D eigenvalue weighted by Gasteiger charge is -2.45. The monoisotopic (exact) mass is 319 g/mol. The van der Waals surface area contributed by atoms with Crippen molar-refractivity contribution >= 4 is 0 Å². The Balaban J connectivity index is 1.89. The fraction of sp³-hybridized carbons (Fsp3) is 0.684. The molecule has 2 unspecified atom stereocenters. The number of hydrogen-bond acceptors (Lipinski definition) is 4. The minimum atomic E-state index is -0.565. The van der Waals surface area contributed by atoms with Gasteiger partial charge in [0.25, 0.3) is 5.79 Å². The second kappa shape index (κ2) is 7.10. The first-order valence-corrected chi connectivity index (χ1v) is 9.06. The molecule has 2 aliphatic rings. The summed E-state index contributed by atoms with van der Waals surface area (Å²) in [6.45, 7) is 9.10. The van der Waals surface area contributed by atoms with Gasteiger partial charge in [0.15, 0.2) is 11.5 Å². The highest BCUT2D eigenvalue weighted by molar-refractivity contribution is 5.43. The largest absolute Gasteiger partial charge is 0.448 e. The summed E-state index contributed by atoms with van der Waals surface area (Å²) >= 11 is 0. The van der Waals surface area contributed by atoms with E-state index in [0.29, 0.717) is 6.61 Å². The zero-order chi connectivity index (χ0) is 16.3. The van der Waals surface area contributed by atoms with Crippen molar-refractivity contribution in [2.75, 3.05) is 19.7 Å². The molecule has 1 aliphatic heterocycles. The van der Waals surface area contributed by atoms with Gasteiger partial charge in [-0.15, -0.1) is 0 Å². The van der Waals surface area contributed by atoms with E-state index in [9.17, 15) is 0 Å². The average molecular weight is 319 g/mol. The number of ether oxygens (including phenoxy) is 3. The van der Waals surface area contributed by atoms with Crippen LogP contribution in [0.3, 0.4) is 0 Å². The van der Waals surface area contributed by atoms with Crippen LogP contribution in [0, 0.1) is 5.92 Å². The van der Waals surface area contributed by atoms with Crippen LogP contribution in [0.5, 0.6) is 11.5 Å². The highest BCUT2D eigenvalue weighted by atomic mass is 16.7. The highest BCUT2D eigenvalue weighted by Gasteiger charge is 2.53. The zero-order valence-corrected chi connectivity index (χ0v) is 14.6. The molecule has 1 aromatic carbocycles. The lowest BCUT2D eigenvalue weighted by Crippen LogP contribution is -2.58. The molecule has 1 aliphatic carbocycles. The maximum atomic E-state index is 6.39. The molecule has 0 aromatic heterocycles. The van der Waals surface area contributed by atoms with Gasteiger partial charge in [-0.05, 0) is 45.0 Å². The van der Waals surface area contributed by atoms with Crippen LogP contribution in [-0.2, 0) is 4.74 Å². The van der Waals surface area contributed by atoms with E-state index < -0.39 is 5.79 Å². The molecule has 1 aromatic rings. The van der Waals surface area contributed by atoms with E-state index in [1.54, 1.807) is 0 Å². The van der Waals surface area contributed by atoms with Crippen molar-refractivity contribution < 1.29 is 14.2 Å². The molecule has 1 spiro atoms. The third kappa shape index (κ3) is 3.07. The molecule has 2 atom stereocenters. The quantitative estimate of drug-likeness (QED) is 0.740. The van der Waals surface area contributed by atoms with Crippen LogP contribution in [0.4, 0.5) is 0 Å². The summed E-state index contributed by atoms with van der Waals surface area (Å²) < 4.78 is 18.9. The summed E-state index contributed by atoms with van der Waals surface area (Å²) in [6.07, 6.45) is 4.40. The summed E-state index contributed by atoms with van der Waals surface area (Å²) in [5.41, 5.74) is 0. The van der Waals surface area contributed by atoms with Gasteiger partial charge >= 0.3 is 0 Å². The molecule has 0 saturated heterocycles. The Morgan fingerprint density at radius 3 is 2.35 bits per heavy atom. The maximum Gasteiger partial charge on any atom is 0.258 e. The van der Waals surface area contributed by atoms with E-state index in [1.165, 1.54) is 6.42 Å². The molecule has 0 bridgehead atoms. The standard InChI is InChI=1S/C19H29NO3/c1-4-20(5-2)18(21-6-3)15-11-9-10-14-19(15)22-16-12-7-8-13-17(16)23-19/h7-8,12-13,15,18H,4-6,9-11,14H2,1-3H3. The molecular formula is C19H29NO3. The molecular weight excluding hydrogens is 290 g/mol. The van der Waals surface area contributed by atoms with Crippen LogP contribution < -0.4 is 9.47 Å². The van der Waals surface area contributed by atoms with Gasteiger partial charge in [-0.2, -0.15) is 0 Å². The van der Waals surface area contributed by atoms with Crippen LogP contribution in [-0.4, -0.2) is 36.6 Å². The molecule has 1 heterocycles. The summed E-state index contributed by atoms with van der Waals surface area (Å²) in [6, 6.07) is 8.01. The van der Waals surface area contributed by atoms with Crippen molar-refractivity contribution in [1.29, 1.82) is 0 Å². The molecule has 4 heteroatoms. The van der Waals surface area contributed by atoms with Crippen molar-refractivity contribution in [3.8, 4) is 11.5 Å². The number of rotatable bonds is 6. The number of hydrogen-bond donors (Lipinski definition) is 0. The summed E-state index contributed by atoms with van der Waals surface area (Å²) in [5, 5.41) is 0. The van der Waals surface area contributed by atoms with E-state index in [2.05, 4.69) is 25.7 Å². The lowest BCUT2D eigenvalue weighted by molar-refractivity contribution is -0.215. The normalized spacial score (nSPS) is 23.4. The minimum absolute atomic E-state index is 0.0459. The van der Waals surface area contributed by atoms with Gasteiger partial charge in [-0.1, -0.05) is 32.4 Å². The minimum Gasteiger partial charge on any atom is -0.448 e. The molecule has 3 rings (SSSR count). The van der Waals surface area contributed by atoms with E-state index in [-0.39, 0.29) is 12.1 Å². The Morgan fingerprint density at radius 2 is 1.78 bits per heavy atom. The van der Waals surface area contributed by atoms with Crippen molar-refractivity contribution in [1.82, 2.24) is 4.90 Å². The fourth-order valence-electron chi connectivity index (χ4n) is 4.00. The topological polar surface area (TPSA) is 30.9 Å². The summed E-state index contributed by atoms with van der Waals surface area (Å²) in [5.74, 6) is 1.40. The van der Waals surface area contributed by atoms with E-state index >= 15 is 0 Å². The second-order valence-corrected chi connectivity index (χ2v) is 6.38. The molecule has 0 amide bonds. The number of nitrogens with zero attached hydrogens (tertiary/aromatic N) is 1. The maximum absolute atomic E-state index is 6.39. The smallest absolute Gasteiger partial charge is 0.258 e. The van der Waals surface area contributed by atoms with Gasteiger partial charge in [-0.25, -0.2) is 0 Å². The third-order valence-corrected chi connectivity index (χ3v) is 5.12. The second-order valence-electron chi connectivity index (χ2n) is 6.38. The third-order valence-electron chi connectivity index (χ3n) is 5.12. The molecule has 23 heavy (non-hydrogen) atoms. The van der Waals surface area contributed by atoms with E-state index in [4.69, 9.17) is 14.2 Å². The molecule has 4 nitrogen and oxygen atoms in total.